The highest BCUT2D eigenvalue weighted by atomic mass is 16.7. The highest BCUT2D eigenvalue weighted by Crippen LogP contribution is 2.51. The van der Waals surface area contributed by atoms with Gasteiger partial charge in [0.2, 0.25) is 0 Å². The Labute approximate surface area is 249 Å². The molecule has 4 aromatic carbocycles. The topological polar surface area (TPSA) is 97.4 Å². The molecular formula is C35H30O8. The zero-order valence-corrected chi connectivity index (χ0v) is 23.2. The second-order valence-corrected chi connectivity index (χ2v) is 10.5. The van der Waals surface area contributed by atoms with Crippen LogP contribution in [-0.4, -0.2) is 48.1 Å². The van der Waals surface area contributed by atoms with Crippen molar-refractivity contribution in [2.45, 2.75) is 49.7 Å². The Hall–Kier alpha value is -4.79. The largest absolute Gasteiger partial charge is 0.452 e. The van der Waals surface area contributed by atoms with Crippen molar-refractivity contribution in [3.05, 3.63) is 144 Å². The van der Waals surface area contributed by atoms with Gasteiger partial charge in [-0.3, -0.25) is 0 Å². The van der Waals surface area contributed by atoms with Gasteiger partial charge in [0.1, 0.15) is 5.60 Å². The van der Waals surface area contributed by atoms with Crippen LogP contribution in [0.2, 0.25) is 0 Å². The molecule has 2 fully saturated rings. The van der Waals surface area contributed by atoms with Crippen molar-refractivity contribution in [2.75, 3.05) is 0 Å². The van der Waals surface area contributed by atoms with E-state index in [4.69, 9.17) is 23.7 Å². The van der Waals surface area contributed by atoms with Crippen LogP contribution in [0.25, 0.3) is 0 Å². The number of esters is 3. The molecule has 0 radical (unpaired) electrons. The van der Waals surface area contributed by atoms with Crippen LogP contribution in [0.1, 0.15) is 49.5 Å². The molecule has 4 atom stereocenters. The SMILES string of the molecule is O=C(O[C@@H]1[C@@H](OC(=O)c2ccccc2)[C@H](OCc2ccccc2)OC2(CC2)[C@H]1OC(=O)c1ccccc1)c1ccccc1. The summed E-state index contributed by atoms with van der Waals surface area (Å²) in [7, 11) is 0. The molecule has 6 rings (SSSR count). The molecule has 2 aliphatic rings. The van der Waals surface area contributed by atoms with Gasteiger partial charge in [-0.15, -0.1) is 0 Å². The van der Waals surface area contributed by atoms with E-state index < -0.39 is 48.1 Å². The van der Waals surface area contributed by atoms with Crippen molar-refractivity contribution in [2.24, 2.45) is 0 Å². The number of hydrogen-bond donors (Lipinski definition) is 0. The van der Waals surface area contributed by atoms with Gasteiger partial charge in [-0.1, -0.05) is 84.9 Å². The van der Waals surface area contributed by atoms with Crippen molar-refractivity contribution >= 4 is 17.9 Å². The van der Waals surface area contributed by atoms with E-state index in [0.29, 0.717) is 29.5 Å². The predicted octanol–water partition coefficient (Wildman–Crippen LogP) is 5.77. The van der Waals surface area contributed by atoms with Crippen molar-refractivity contribution in [1.82, 2.24) is 0 Å². The summed E-state index contributed by atoms with van der Waals surface area (Å²) in [4.78, 5) is 40.1. The Morgan fingerprint density at radius 3 is 1.47 bits per heavy atom. The third kappa shape index (κ3) is 6.51. The Kier molecular flexibility index (Phi) is 8.31. The third-order valence-electron chi connectivity index (χ3n) is 7.51. The Balaban J connectivity index is 1.36. The molecule has 8 heteroatoms. The van der Waals surface area contributed by atoms with Gasteiger partial charge in [0.15, 0.2) is 24.6 Å². The summed E-state index contributed by atoms with van der Waals surface area (Å²) >= 11 is 0. The van der Waals surface area contributed by atoms with Crippen LogP contribution in [0.5, 0.6) is 0 Å². The molecule has 0 N–H and O–H groups in total. The van der Waals surface area contributed by atoms with Gasteiger partial charge >= 0.3 is 17.9 Å². The van der Waals surface area contributed by atoms with E-state index in [1.54, 1.807) is 91.0 Å². The van der Waals surface area contributed by atoms with Crippen molar-refractivity contribution in [1.29, 1.82) is 0 Å². The van der Waals surface area contributed by atoms with E-state index in [9.17, 15) is 14.4 Å². The quantitative estimate of drug-likeness (QED) is 0.182. The summed E-state index contributed by atoms with van der Waals surface area (Å²) in [6, 6.07) is 34.9. The zero-order valence-electron chi connectivity index (χ0n) is 23.2. The first-order chi connectivity index (χ1) is 21.0. The summed E-state index contributed by atoms with van der Waals surface area (Å²) in [5.74, 6) is -1.94. The van der Waals surface area contributed by atoms with Gasteiger partial charge in [0.25, 0.3) is 0 Å². The number of benzene rings is 4. The average molecular weight is 579 g/mol. The molecule has 0 aromatic heterocycles. The minimum absolute atomic E-state index is 0.148. The fourth-order valence-electron chi connectivity index (χ4n) is 5.11. The van der Waals surface area contributed by atoms with Gasteiger partial charge in [-0.2, -0.15) is 0 Å². The van der Waals surface area contributed by atoms with Crippen LogP contribution in [-0.2, 0) is 30.3 Å². The first kappa shape index (κ1) is 28.3. The fraction of sp³-hybridized carbons (Fsp3) is 0.229. The molecule has 0 bridgehead atoms. The van der Waals surface area contributed by atoms with E-state index in [-0.39, 0.29) is 6.61 Å². The summed E-state index contributed by atoms with van der Waals surface area (Å²) in [5.41, 5.74) is 0.804. The highest BCUT2D eigenvalue weighted by Gasteiger charge is 2.66. The van der Waals surface area contributed by atoms with E-state index in [1.165, 1.54) is 0 Å². The van der Waals surface area contributed by atoms with Gasteiger partial charge in [0, 0.05) is 0 Å². The summed E-state index contributed by atoms with van der Waals surface area (Å²) in [5, 5.41) is 0. The van der Waals surface area contributed by atoms with E-state index in [0.717, 1.165) is 5.56 Å². The van der Waals surface area contributed by atoms with Crippen LogP contribution in [0.4, 0.5) is 0 Å². The van der Waals surface area contributed by atoms with Crippen molar-refractivity contribution in [3.8, 4) is 0 Å². The van der Waals surface area contributed by atoms with E-state index in [1.807, 2.05) is 30.3 Å². The van der Waals surface area contributed by atoms with Gasteiger partial charge in [-0.25, -0.2) is 14.4 Å². The number of carbonyl (C=O) groups excluding carboxylic acids is 3. The maximum absolute atomic E-state index is 13.4. The Morgan fingerprint density at radius 2 is 1.00 bits per heavy atom. The molecule has 1 aliphatic carbocycles. The maximum atomic E-state index is 13.4. The monoisotopic (exact) mass is 578 g/mol. The fourth-order valence-corrected chi connectivity index (χ4v) is 5.11. The standard InChI is InChI=1S/C35H30O8/c36-31(25-15-7-2-8-16-25)40-28-29(41-32(37)26-17-9-3-10-18-26)34(39-23-24-13-5-1-6-14-24)43-35(21-22-35)30(28)42-33(38)27-19-11-4-12-20-27/h1-20,28-30,34H,21-23H2/t28-,29-,30+,34-/m1/s1. The summed E-state index contributed by atoms with van der Waals surface area (Å²) < 4.78 is 30.8. The van der Waals surface area contributed by atoms with Gasteiger partial charge in [-0.05, 0) is 54.8 Å². The smallest absolute Gasteiger partial charge is 0.338 e. The normalized spacial score (nSPS) is 21.9. The molecule has 0 unspecified atom stereocenters. The molecule has 1 saturated heterocycles. The Morgan fingerprint density at radius 1 is 0.581 bits per heavy atom. The van der Waals surface area contributed by atoms with Crippen LogP contribution in [0.15, 0.2) is 121 Å². The van der Waals surface area contributed by atoms with Gasteiger partial charge in [0.05, 0.1) is 23.3 Å². The minimum atomic E-state index is -1.26. The maximum Gasteiger partial charge on any atom is 0.338 e. The molecule has 1 heterocycles. The molecule has 8 nitrogen and oxygen atoms in total. The Bertz CT molecular complexity index is 1540. The zero-order chi connectivity index (χ0) is 29.6. The average Bonchev–Trinajstić information content (AvgIpc) is 3.84. The van der Waals surface area contributed by atoms with Gasteiger partial charge < -0.3 is 23.7 Å². The lowest BCUT2D eigenvalue weighted by Gasteiger charge is -2.45. The number of hydrogen-bond acceptors (Lipinski definition) is 8. The third-order valence-corrected chi connectivity index (χ3v) is 7.51. The molecule has 218 valence electrons. The predicted molar refractivity (Wildman–Crippen MR) is 155 cm³/mol. The second-order valence-electron chi connectivity index (χ2n) is 10.5. The molecule has 1 aliphatic heterocycles. The lowest BCUT2D eigenvalue weighted by Crippen LogP contribution is -2.63. The molecule has 4 aromatic rings. The molecule has 1 saturated carbocycles. The number of carbonyl (C=O) groups is 3. The van der Waals surface area contributed by atoms with Crippen molar-refractivity contribution < 1.29 is 38.1 Å². The van der Waals surface area contributed by atoms with Crippen LogP contribution < -0.4 is 0 Å². The molecule has 1 spiro atoms. The summed E-state index contributed by atoms with van der Waals surface area (Å²) in [6.07, 6.45) is -3.62. The van der Waals surface area contributed by atoms with Crippen LogP contribution in [0, 0.1) is 0 Å². The molecular weight excluding hydrogens is 548 g/mol. The first-order valence-electron chi connectivity index (χ1n) is 14.1. The first-order valence-corrected chi connectivity index (χ1v) is 14.1. The summed E-state index contributed by atoms with van der Waals surface area (Å²) in [6.45, 7) is 0.148. The second kappa shape index (κ2) is 12.6. The van der Waals surface area contributed by atoms with Crippen LogP contribution in [0.3, 0.4) is 0 Å². The molecule has 43 heavy (non-hydrogen) atoms. The van der Waals surface area contributed by atoms with E-state index >= 15 is 0 Å². The highest BCUT2D eigenvalue weighted by molar-refractivity contribution is 5.91. The number of ether oxygens (including phenoxy) is 5. The lowest BCUT2D eigenvalue weighted by molar-refractivity contribution is -0.306. The lowest BCUT2D eigenvalue weighted by atomic mass is 9.95. The van der Waals surface area contributed by atoms with E-state index in [2.05, 4.69) is 0 Å². The van der Waals surface area contributed by atoms with Crippen molar-refractivity contribution in [3.63, 3.8) is 0 Å². The molecule has 0 amide bonds. The minimum Gasteiger partial charge on any atom is -0.452 e. The number of rotatable bonds is 9. The van der Waals surface area contributed by atoms with Crippen LogP contribution >= 0.6 is 0 Å².